The van der Waals surface area contributed by atoms with Gasteiger partial charge in [0.05, 0.1) is 17.2 Å². The molecule has 1 rings (SSSR count). The van der Waals surface area contributed by atoms with Gasteiger partial charge in [0.15, 0.2) is 0 Å². The van der Waals surface area contributed by atoms with E-state index in [-0.39, 0.29) is 0 Å². The molecular weight excluding hydrogens is 212 g/mol. The molecule has 0 atom stereocenters. The highest BCUT2D eigenvalue weighted by molar-refractivity contribution is 8.03. The van der Waals surface area contributed by atoms with Gasteiger partial charge < -0.3 is 15.8 Å². The molecule has 15 heavy (non-hydrogen) atoms. The van der Waals surface area contributed by atoms with Gasteiger partial charge >= 0.3 is 0 Å². The highest BCUT2D eigenvalue weighted by atomic mass is 32.2. The minimum atomic E-state index is 0.428. The van der Waals surface area contributed by atoms with E-state index >= 15 is 0 Å². The number of nitriles is 1. The lowest BCUT2D eigenvalue weighted by Crippen LogP contribution is -2.08. The zero-order chi connectivity index (χ0) is 11.1. The Morgan fingerprint density at radius 1 is 1.73 bits per heavy atom. The van der Waals surface area contributed by atoms with Gasteiger partial charge in [-0.3, -0.25) is 0 Å². The monoisotopic (exact) mass is 224 g/mol. The first-order valence-electron chi connectivity index (χ1n) is 4.32. The second-order valence-electron chi connectivity index (χ2n) is 2.72. The summed E-state index contributed by atoms with van der Waals surface area (Å²) in [4.78, 5) is 4.69. The summed E-state index contributed by atoms with van der Waals surface area (Å²) in [5, 5.41) is 13.7. The third-order valence-corrected chi connectivity index (χ3v) is 2.30. The van der Waals surface area contributed by atoms with Crippen molar-refractivity contribution >= 4 is 23.3 Å². The summed E-state index contributed by atoms with van der Waals surface area (Å²) in [7, 11) is 1.63. The number of nitrogens with zero attached hydrogens (tertiary/aromatic N) is 2. The normalized spacial score (nSPS) is 9.60. The van der Waals surface area contributed by atoms with Crippen molar-refractivity contribution in [3.8, 4) is 5.40 Å². The van der Waals surface area contributed by atoms with E-state index in [1.165, 1.54) is 0 Å². The molecule has 0 aliphatic heterocycles. The van der Waals surface area contributed by atoms with Crippen molar-refractivity contribution < 1.29 is 4.74 Å². The lowest BCUT2D eigenvalue weighted by Gasteiger charge is -2.09. The van der Waals surface area contributed by atoms with Crippen molar-refractivity contribution in [1.29, 1.82) is 5.26 Å². The molecule has 0 radical (unpaired) electrons. The molecule has 0 unspecified atom stereocenters. The molecule has 1 heterocycles. The zero-order valence-electron chi connectivity index (χ0n) is 8.36. The van der Waals surface area contributed by atoms with Crippen molar-refractivity contribution in [2.45, 2.75) is 4.90 Å². The Bertz CT molecular complexity index is 364. The maximum Gasteiger partial charge on any atom is 0.138 e. The largest absolute Gasteiger partial charge is 0.384 e. The van der Waals surface area contributed by atoms with Crippen LogP contribution in [-0.4, -0.2) is 25.2 Å². The van der Waals surface area contributed by atoms with Crippen LogP contribution in [0.3, 0.4) is 0 Å². The number of aromatic nitrogens is 1. The Labute approximate surface area is 92.6 Å². The molecule has 0 aliphatic rings. The SMILES string of the molecule is COCCNc1cc(N)ncc1SC#N. The second-order valence-corrected chi connectivity index (χ2v) is 3.54. The van der Waals surface area contributed by atoms with Crippen LogP contribution in [0.1, 0.15) is 0 Å². The van der Waals surface area contributed by atoms with Crippen molar-refractivity contribution in [1.82, 2.24) is 4.98 Å². The Kier molecular flexibility index (Phi) is 4.74. The first-order chi connectivity index (χ1) is 7.27. The number of methoxy groups -OCH3 is 1. The molecule has 1 aromatic heterocycles. The molecule has 0 saturated carbocycles. The van der Waals surface area contributed by atoms with Crippen molar-refractivity contribution in [2.24, 2.45) is 0 Å². The molecule has 0 aromatic carbocycles. The van der Waals surface area contributed by atoms with Gasteiger partial charge in [0.2, 0.25) is 0 Å². The third-order valence-electron chi connectivity index (χ3n) is 1.67. The number of ether oxygens (including phenoxy) is 1. The summed E-state index contributed by atoms with van der Waals surface area (Å²) < 4.78 is 4.91. The van der Waals surface area contributed by atoms with Crippen LogP contribution in [0.4, 0.5) is 11.5 Å². The predicted octanol–water partition coefficient (Wildman–Crippen LogP) is 1.30. The summed E-state index contributed by atoms with van der Waals surface area (Å²) in [6.07, 6.45) is 1.58. The molecule has 5 nitrogen and oxygen atoms in total. The quantitative estimate of drug-likeness (QED) is 0.445. The highest BCUT2D eigenvalue weighted by Crippen LogP contribution is 2.26. The molecule has 0 amide bonds. The third kappa shape index (κ3) is 3.65. The van der Waals surface area contributed by atoms with Crippen LogP contribution in [0.5, 0.6) is 0 Å². The van der Waals surface area contributed by atoms with E-state index in [0.717, 1.165) is 22.3 Å². The first-order valence-corrected chi connectivity index (χ1v) is 5.14. The average molecular weight is 224 g/mol. The van der Waals surface area contributed by atoms with E-state index in [1.54, 1.807) is 19.4 Å². The molecule has 6 heteroatoms. The first kappa shape index (κ1) is 11.6. The van der Waals surface area contributed by atoms with Gasteiger partial charge in [0.1, 0.15) is 11.2 Å². The van der Waals surface area contributed by atoms with Crippen LogP contribution in [0, 0.1) is 10.7 Å². The zero-order valence-corrected chi connectivity index (χ0v) is 9.17. The lowest BCUT2D eigenvalue weighted by molar-refractivity contribution is 0.210. The number of hydrogen-bond donors (Lipinski definition) is 2. The van der Waals surface area contributed by atoms with Gasteiger partial charge in [-0.2, -0.15) is 5.26 Å². The minimum absolute atomic E-state index is 0.428. The van der Waals surface area contributed by atoms with Gasteiger partial charge in [-0.05, 0) is 11.8 Å². The fourth-order valence-electron chi connectivity index (χ4n) is 1.02. The van der Waals surface area contributed by atoms with Crippen LogP contribution in [0.2, 0.25) is 0 Å². The molecule has 0 spiro atoms. The smallest absolute Gasteiger partial charge is 0.138 e. The maximum atomic E-state index is 8.59. The number of thioether (sulfide) groups is 1. The fraction of sp³-hybridized carbons (Fsp3) is 0.333. The summed E-state index contributed by atoms with van der Waals surface area (Å²) in [5.74, 6) is 0.428. The molecule has 0 bridgehead atoms. The lowest BCUT2D eigenvalue weighted by atomic mass is 10.4. The summed E-state index contributed by atoms with van der Waals surface area (Å²) >= 11 is 1.05. The van der Waals surface area contributed by atoms with Crippen LogP contribution >= 0.6 is 11.8 Å². The number of anilines is 2. The average Bonchev–Trinajstić information content (AvgIpc) is 2.22. The van der Waals surface area contributed by atoms with E-state index in [4.69, 9.17) is 15.7 Å². The molecular formula is C9H12N4OS. The van der Waals surface area contributed by atoms with Crippen LogP contribution in [0.15, 0.2) is 17.2 Å². The summed E-state index contributed by atoms with van der Waals surface area (Å²) in [6, 6.07) is 1.70. The van der Waals surface area contributed by atoms with E-state index in [1.807, 2.05) is 5.40 Å². The highest BCUT2D eigenvalue weighted by Gasteiger charge is 2.03. The Morgan fingerprint density at radius 2 is 2.53 bits per heavy atom. The second kappa shape index (κ2) is 6.11. The minimum Gasteiger partial charge on any atom is -0.384 e. The number of nitrogens with one attached hydrogen (secondary N) is 1. The molecule has 1 aromatic rings. The number of nitrogen functional groups attached to an aromatic ring is 1. The molecule has 0 saturated heterocycles. The Balaban J connectivity index is 2.73. The number of pyridine rings is 1. The molecule has 3 N–H and O–H groups in total. The Morgan fingerprint density at radius 3 is 3.20 bits per heavy atom. The van der Waals surface area contributed by atoms with E-state index in [2.05, 4.69) is 10.3 Å². The van der Waals surface area contributed by atoms with E-state index in [0.29, 0.717) is 19.0 Å². The fourth-order valence-corrected chi connectivity index (χ4v) is 1.46. The van der Waals surface area contributed by atoms with Crippen molar-refractivity contribution in [3.63, 3.8) is 0 Å². The molecule has 80 valence electrons. The number of nitrogens with two attached hydrogens (primary N) is 1. The van der Waals surface area contributed by atoms with Gasteiger partial charge in [-0.1, -0.05) is 0 Å². The topological polar surface area (TPSA) is 84.0 Å². The van der Waals surface area contributed by atoms with Gasteiger partial charge in [0, 0.05) is 25.9 Å². The summed E-state index contributed by atoms with van der Waals surface area (Å²) in [5.41, 5.74) is 6.36. The van der Waals surface area contributed by atoms with E-state index < -0.39 is 0 Å². The van der Waals surface area contributed by atoms with E-state index in [9.17, 15) is 0 Å². The maximum absolute atomic E-state index is 8.59. The van der Waals surface area contributed by atoms with Crippen LogP contribution < -0.4 is 11.1 Å². The van der Waals surface area contributed by atoms with Gasteiger partial charge in [0.25, 0.3) is 0 Å². The number of rotatable bonds is 5. The van der Waals surface area contributed by atoms with Crippen LogP contribution in [-0.2, 0) is 4.74 Å². The standard InChI is InChI=1S/C9H12N4OS/c1-14-3-2-12-7-4-9(11)13-5-8(7)15-6-10/h4-5H,2-3H2,1H3,(H3,11,12,13). The van der Waals surface area contributed by atoms with Crippen LogP contribution in [0.25, 0.3) is 0 Å². The van der Waals surface area contributed by atoms with Crippen molar-refractivity contribution in [2.75, 3.05) is 31.3 Å². The summed E-state index contributed by atoms with van der Waals surface area (Å²) in [6.45, 7) is 1.26. The molecule has 0 aliphatic carbocycles. The van der Waals surface area contributed by atoms with Gasteiger partial charge in [-0.25, -0.2) is 4.98 Å². The Hall–Kier alpha value is -1.45. The number of hydrogen-bond acceptors (Lipinski definition) is 6. The predicted molar refractivity (Wildman–Crippen MR) is 60.5 cm³/mol. The molecule has 0 fully saturated rings. The number of thiocyanates is 1. The van der Waals surface area contributed by atoms with Crippen molar-refractivity contribution in [3.05, 3.63) is 12.3 Å². The van der Waals surface area contributed by atoms with Gasteiger partial charge in [-0.15, -0.1) is 0 Å².